The van der Waals surface area contributed by atoms with Crippen molar-refractivity contribution >= 4 is 53.4 Å². The molecule has 6 nitrogen and oxygen atoms in total. The van der Waals surface area contributed by atoms with Gasteiger partial charge in [-0.25, -0.2) is 4.98 Å². The average Bonchev–Trinajstić information content (AvgIpc) is 3.02. The van der Waals surface area contributed by atoms with Gasteiger partial charge < -0.3 is 16.0 Å². The number of rotatable bonds is 7. The van der Waals surface area contributed by atoms with Crippen molar-refractivity contribution in [3.05, 3.63) is 23.9 Å². The topological polar surface area (TPSA) is 78.4 Å². The number of nitrogens with one attached hydrogen (secondary N) is 3. The van der Waals surface area contributed by atoms with Gasteiger partial charge in [0.2, 0.25) is 5.91 Å². The maximum atomic E-state index is 12.0. The van der Waals surface area contributed by atoms with Crippen molar-refractivity contribution < 1.29 is 4.79 Å². The SMILES string of the molecule is CCNC(=NCC1(C)CCCS1)NCCC(=O)Nc1ccc(C)cn1.I. The molecule has 1 aromatic rings. The molecule has 2 rings (SSSR count). The quantitative estimate of drug-likeness (QED) is 0.310. The van der Waals surface area contributed by atoms with Crippen molar-refractivity contribution in [3.63, 3.8) is 0 Å². The summed E-state index contributed by atoms with van der Waals surface area (Å²) in [6.07, 6.45) is 4.60. The van der Waals surface area contributed by atoms with Crippen LogP contribution >= 0.6 is 35.7 Å². The Morgan fingerprint density at radius 1 is 1.38 bits per heavy atom. The number of thioether (sulfide) groups is 1. The lowest BCUT2D eigenvalue weighted by Crippen LogP contribution is -2.39. The number of carbonyl (C=O) groups is 1. The smallest absolute Gasteiger partial charge is 0.227 e. The minimum atomic E-state index is -0.0574. The van der Waals surface area contributed by atoms with E-state index >= 15 is 0 Å². The summed E-state index contributed by atoms with van der Waals surface area (Å²) in [5, 5.41) is 9.28. The Balaban J connectivity index is 0.00000338. The first-order chi connectivity index (χ1) is 12.0. The second-order valence-electron chi connectivity index (χ2n) is 6.54. The summed E-state index contributed by atoms with van der Waals surface area (Å²) >= 11 is 2.00. The third-order valence-electron chi connectivity index (χ3n) is 4.04. The van der Waals surface area contributed by atoms with Crippen LogP contribution in [0.3, 0.4) is 0 Å². The highest BCUT2D eigenvalue weighted by atomic mass is 127. The summed E-state index contributed by atoms with van der Waals surface area (Å²) in [4.78, 5) is 20.9. The average molecular weight is 491 g/mol. The van der Waals surface area contributed by atoms with Crippen molar-refractivity contribution in [2.45, 2.75) is 44.8 Å². The van der Waals surface area contributed by atoms with E-state index in [1.165, 1.54) is 18.6 Å². The first-order valence-corrected chi connectivity index (χ1v) is 9.88. The van der Waals surface area contributed by atoms with Crippen LogP contribution in [0.2, 0.25) is 0 Å². The lowest BCUT2D eigenvalue weighted by atomic mass is 10.1. The predicted octanol–water partition coefficient (Wildman–Crippen LogP) is 3.18. The Morgan fingerprint density at radius 2 is 2.19 bits per heavy atom. The Kier molecular flexibility index (Phi) is 10.3. The molecule has 1 fully saturated rings. The van der Waals surface area contributed by atoms with Crippen LogP contribution in [-0.4, -0.2) is 47.0 Å². The number of halogens is 1. The number of aryl methyl sites for hydroxylation is 1. The normalized spacial score (nSPS) is 19.6. The van der Waals surface area contributed by atoms with Crippen LogP contribution in [0.4, 0.5) is 5.82 Å². The standard InChI is InChI=1S/C18H29N5OS.HI/c1-4-19-17(22-13-18(3)9-5-11-25-18)20-10-8-16(24)23-15-7-6-14(2)12-21-15;/h6-7,12H,4-5,8-11,13H2,1-3H3,(H2,19,20,22)(H,21,23,24);1H. The number of guanidine groups is 1. The maximum Gasteiger partial charge on any atom is 0.227 e. The third-order valence-corrected chi connectivity index (χ3v) is 5.56. The molecule has 1 unspecified atom stereocenters. The predicted molar refractivity (Wildman–Crippen MR) is 122 cm³/mol. The van der Waals surface area contributed by atoms with E-state index < -0.39 is 0 Å². The monoisotopic (exact) mass is 491 g/mol. The van der Waals surface area contributed by atoms with Crippen molar-refractivity contribution in [2.75, 3.05) is 30.7 Å². The minimum absolute atomic E-state index is 0. The fraction of sp³-hybridized carbons (Fsp3) is 0.611. The number of pyridine rings is 1. The molecule has 26 heavy (non-hydrogen) atoms. The molecule has 0 aromatic carbocycles. The first-order valence-electron chi connectivity index (χ1n) is 8.89. The van der Waals surface area contributed by atoms with Crippen LogP contribution in [0, 0.1) is 6.92 Å². The highest BCUT2D eigenvalue weighted by molar-refractivity contribution is 14.0. The van der Waals surface area contributed by atoms with Gasteiger partial charge in [0.25, 0.3) is 0 Å². The van der Waals surface area contributed by atoms with Gasteiger partial charge in [-0.2, -0.15) is 11.8 Å². The summed E-state index contributed by atoms with van der Waals surface area (Å²) in [7, 11) is 0. The van der Waals surface area contributed by atoms with Gasteiger partial charge in [0.1, 0.15) is 5.82 Å². The number of aromatic nitrogens is 1. The molecular weight excluding hydrogens is 461 g/mol. The van der Waals surface area contributed by atoms with Crippen LogP contribution < -0.4 is 16.0 Å². The lowest BCUT2D eigenvalue weighted by Gasteiger charge is -2.21. The Hall–Kier alpha value is -1.03. The van der Waals surface area contributed by atoms with Crippen molar-refractivity contribution in [1.29, 1.82) is 0 Å². The second-order valence-corrected chi connectivity index (χ2v) is 8.23. The molecule has 2 heterocycles. The summed E-state index contributed by atoms with van der Waals surface area (Å²) in [6.45, 7) is 8.42. The molecule has 8 heteroatoms. The molecule has 1 aliphatic heterocycles. The number of nitrogens with zero attached hydrogens (tertiary/aromatic N) is 2. The van der Waals surface area contributed by atoms with Crippen molar-refractivity contribution in [3.8, 4) is 0 Å². The molecule has 0 saturated carbocycles. The van der Waals surface area contributed by atoms with Crippen LogP contribution in [0.25, 0.3) is 0 Å². The van der Waals surface area contributed by atoms with E-state index in [2.05, 4.69) is 32.9 Å². The van der Waals surface area contributed by atoms with Crippen LogP contribution in [-0.2, 0) is 4.79 Å². The summed E-state index contributed by atoms with van der Waals surface area (Å²) < 4.78 is 0.247. The van der Waals surface area contributed by atoms with Crippen LogP contribution in [0.1, 0.15) is 38.7 Å². The largest absolute Gasteiger partial charge is 0.357 e. The highest BCUT2D eigenvalue weighted by Crippen LogP contribution is 2.37. The van der Waals surface area contributed by atoms with E-state index in [1.807, 2.05) is 37.7 Å². The molecule has 1 atom stereocenters. The number of hydrogen-bond donors (Lipinski definition) is 3. The minimum Gasteiger partial charge on any atom is -0.357 e. The van der Waals surface area contributed by atoms with E-state index in [1.54, 1.807) is 6.20 Å². The number of aliphatic imine (C=N–C) groups is 1. The number of hydrogen-bond acceptors (Lipinski definition) is 4. The molecule has 0 bridgehead atoms. The van der Waals surface area contributed by atoms with Crippen molar-refractivity contribution in [1.82, 2.24) is 15.6 Å². The molecule has 1 saturated heterocycles. The molecule has 0 spiro atoms. The Labute approximate surface area is 177 Å². The Bertz CT molecular complexity index is 588. The molecular formula is C18H30IN5OS. The first kappa shape index (κ1) is 23.0. The van der Waals surface area contributed by atoms with Gasteiger partial charge in [0.15, 0.2) is 5.96 Å². The zero-order valence-corrected chi connectivity index (χ0v) is 18.9. The molecule has 0 aliphatic carbocycles. The second kappa shape index (κ2) is 11.6. The third kappa shape index (κ3) is 8.11. The fourth-order valence-electron chi connectivity index (χ4n) is 2.59. The zero-order valence-electron chi connectivity index (χ0n) is 15.8. The van der Waals surface area contributed by atoms with Crippen LogP contribution in [0.15, 0.2) is 23.3 Å². The summed E-state index contributed by atoms with van der Waals surface area (Å²) in [5.74, 6) is 2.53. The summed E-state index contributed by atoms with van der Waals surface area (Å²) in [5.41, 5.74) is 1.07. The molecule has 146 valence electrons. The van der Waals surface area contributed by atoms with E-state index in [4.69, 9.17) is 0 Å². The van der Waals surface area contributed by atoms with E-state index in [0.717, 1.165) is 24.6 Å². The van der Waals surface area contributed by atoms with Gasteiger partial charge in [-0.15, -0.1) is 24.0 Å². The molecule has 1 amide bonds. The lowest BCUT2D eigenvalue weighted by molar-refractivity contribution is -0.116. The van der Waals surface area contributed by atoms with Gasteiger partial charge in [-0.3, -0.25) is 9.79 Å². The van der Waals surface area contributed by atoms with Gasteiger partial charge in [-0.05, 0) is 51.0 Å². The Morgan fingerprint density at radius 3 is 2.81 bits per heavy atom. The number of amides is 1. The molecule has 1 aliphatic rings. The highest BCUT2D eigenvalue weighted by Gasteiger charge is 2.29. The maximum absolute atomic E-state index is 12.0. The molecule has 1 aromatic heterocycles. The fourth-order valence-corrected chi connectivity index (χ4v) is 3.82. The molecule has 3 N–H and O–H groups in total. The zero-order chi connectivity index (χ0) is 18.1. The van der Waals surface area contributed by atoms with Gasteiger partial charge in [0, 0.05) is 30.5 Å². The van der Waals surface area contributed by atoms with Crippen molar-refractivity contribution in [2.24, 2.45) is 4.99 Å². The van der Waals surface area contributed by atoms with Gasteiger partial charge in [0.05, 0.1) is 6.54 Å². The van der Waals surface area contributed by atoms with Gasteiger partial charge in [-0.1, -0.05) is 6.07 Å². The summed E-state index contributed by atoms with van der Waals surface area (Å²) in [6, 6.07) is 3.74. The van der Waals surface area contributed by atoms with Gasteiger partial charge >= 0.3 is 0 Å². The van der Waals surface area contributed by atoms with Crippen LogP contribution in [0.5, 0.6) is 0 Å². The van der Waals surface area contributed by atoms with E-state index in [-0.39, 0.29) is 34.6 Å². The van der Waals surface area contributed by atoms with E-state index in [9.17, 15) is 4.79 Å². The number of carbonyl (C=O) groups excluding carboxylic acids is 1. The van der Waals surface area contributed by atoms with E-state index in [0.29, 0.717) is 18.8 Å². The molecule has 0 radical (unpaired) electrons. The number of anilines is 1.